The average molecular weight is 1240 g/mol. The maximum Gasteiger partial charge on any atom is 0.376 e. The maximum atomic E-state index is 13.2. The van der Waals surface area contributed by atoms with Crippen molar-refractivity contribution in [3.63, 3.8) is 0 Å². The van der Waals surface area contributed by atoms with Gasteiger partial charge < -0.3 is 50.3 Å². The number of halogens is 2. The lowest BCUT2D eigenvalue weighted by Gasteiger charge is -2.32. The second-order valence-electron chi connectivity index (χ2n) is 21.8. The van der Waals surface area contributed by atoms with Gasteiger partial charge in [0.15, 0.2) is 0 Å². The summed E-state index contributed by atoms with van der Waals surface area (Å²) in [6.45, 7) is 9.10. The van der Waals surface area contributed by atoms with E-state index in [1.807, 2.05) is 89.7 Å². The fraction of sp³-hybridized carbons (Fsp3) is 0.294. The van der Waals surface area contributed by atoms with Crippen molar-refractivity contribution in [3.05, 3.63) is 227 Å². The lowest BCUT2D eigenvalue weighted by Crippen LogP contribution is -2.45. The number of aromatic hydroxyl groups is 1. The first-order chi connectivity index (χ1) is 44.2. The van der Waals surface area contributed by atoms with Gasteiger partial charge >= 0.3 is 7.05 Å². The molecular weight excluding hydrogens is 1160 g/mol. The van der Waals surface area contributed by atoms with E-state index in [9.17, 15) is 23.4 Å². The fourth-order valence-corrected chi connectivity index (χ4v) is 10.3. The van der Waals surface area contributed by atoms with E-state index < -0.39 is 11.6 Å². The quantitative estimate of drug-likeness (QED) is 0.0254. The molecule has 11 rings (SSSR count). The summed E-state index contributed by atoms with van der Waals surface area (Å²) in [7, 11) is 2.56. The molecule has 0 aliphatic carbocycles. The molecule has 0 atom stereocenters. The molecule has 0 bridgehead atoms. The Morgan fingerprint density at radius 1 is 0.538 bits per heavy atom. The van der Waals surface area contributed by atoms with Gasteiger partial charge in [-0.15, -0.1) is 0 Å². The van der Waals surface area contributed by atoms with Gasteiger partial charge in [-0.2, -0.15) is 0 Å². The van der Waals surface area contributed by atoms with E-state index in [-0.39, 0.29) is 31.1 Å². The van der Waals surface area contributed by atoms with E-state index in [1.165, 1.54) is 49.6 Å². The smallest absolute Gasteiger partial charge is 0.376 e. The normalized spacial score (nSPS) is 15.2. The monoisotopic (exact) mass is 1240 g/mol. The third kappa shape index (κ3) is 21.8. The molecular formula is C68H76BF2N11O9. The van der Waals surface area contributed by atoms with Crippen LogP contribution in [0.2, 0.25) is 6.82 Å². The van der Waals surface area contributed by atoms with Crippen LogP contribution < -0.4 is 25.7 Å². The van der Waals surface area contributed by atoms with Crippen molar-refractivity contribution in [3.8, 4) is 23.0 Å². The highest BCUT2D eigenvalue weighted by Gasteiger charge is 2.26. The molecule has 0 unspecified atom stereocenters. The first-order valence-electron chi connectivity index (χ1n) is 30.0. The maximum absolute atomic E-state index is 13.2. The van der Waals surface area contributed by atoms with E-state index in [2.05, 4.69) is 40.0 Å². The fourth-order valence-electron chi connectivity index (χ4n) is 10.3. The Morgan fingerprint density at radius 2 is 0.901 bits per heavy atom. The van der Waals surface area contributed by atoms with Gasteiger partial charge in [-0.3, -0.25) is 29.4 Å². The number of piperidine rings is 3. The highest BCUT2D eigenvalue weighted by molar-refractivity contribution is 6.45. The van der Waals surface area contributed by atoms with Crippen LogP contribution in [0.4, 0.5) is 20.4 Å². The van der Waals surface area contributed by atoms with Gasteiger partial charge in [-0.05, 0) is 215 Å². The second kappa shape index (κ2) is 34.9. The lowest BCUT2D eigenvalue weighted by atomic mass is 9.82. The Balaban J connectivity index is 0.000000169. The summed E-state index contributed by atoms with van der Waals surface area (Å²) >= 11 is 0. The molecule has 474 valence electrons. The predicted molar refractivity (Wildman–Crippen MR) is 346 cm³/mol. The van der Waals surface area contributed by atoms with Crippen LogP contribution in [0, 0.1) is 11.6 Å². The molecule has 0 radical (unpaired) electrons. The number of nitrogens with zero attached hydrogens (tertiary/aromatic N) is 9. The number of phenolic OH excluding ortho intramolecular Hbond substituents is 1. The molecule has 3 aliphatic rings. The lowest BCUT2D eigenvalue weighted by molar-refractivity contribution is 0.0967. The number of phenols is 1. The average Bonchev–Trinajstić information content (AvgIpc) is 1.75. The third-order valence-electron chi connectivity index (χ3n) is 15.1. The van der Waals surface area contributed by atoms with Crippen LogP contribution in [0.25, 0.3) is 0 Å². The van der Waals surface area contributed by atoms with Crippen LogP contribution >= 0.6 is 0 Å². The largest absolute Gasteiger partial charge is 0.508 e. The summed E-state index contributed by atoms with van der Waals surface area (Å²) < 4.78 is 44.7. The van der Waals surface area contributed by atoms with Gasteiger partial charge in [0.05, 0.1) is 23.8 Å². The summed E-state index contributed by atoms with van der Waals surface area (Å²) in [5.41, 5.74) is 18.9. The predicted octanol–water partition coefficient (Wildman–Crippen LogP) is 9.94. The van der Waals surface area contributed by atoms with Crippen molar-refractivity contribution in [2.45, 2.75) is 76.7 Å². The van der Waals surface area contributed by atoms with Crippen molar-refractivity contribution in [2.75, 3.05) is 65.0 Å². The molecule has 0 spiro atoms. The number of anilines is 2. The number of likely N-dealkylation sites (tertiary alicyclic amines) is 2. The summed E-state index contributed by atoms with van der Waals surface area (Å²) in [5.74, 6) is 2.90. The zero-order chi connectivity index (χ0) is 64.3. The number of hydrogen-bond donors (Lipinski definition) is 4. The third-order valence-corrected chi connectivity index (χ3v) is 15.1. The summed E-state index contributed by atoms with van der Waals surface area (Å²) in [6, 6.07) is 42.2. The number of carbonyl (C=O) groups excluding carboxylic acids is 2. The standard InChI is InChI=1S/2C24H26FN5O2.C13H18BNO3.C7H6O2/c2*1-31-29-24(22-7-4-19(25)15-28-22)18-2-5-20(6-3-18)32-21-9-12-30(13-10-21)16-17-8-11-27-23(26)14-17;1-14(17)15-8-6-13(7-9-15)18-12-4-2-11(10-16)3-5-12;8-5-6-1-3-7(9)4-2-6/h2*2-8,11,14-15,21H,9-10,12-13,16H2,1H3,(H2,26,27);2-5,10,13,17H,6-9H2,1H3;1-5,9H/b29-24+;29-24-;;. The minimum Gasteiger partial charge on any atom is -0.508 e. The number of aromatic nitrogens is 4. The molecule has 91 heavy (non-hydrogen) atoms. The number of rotatable bonds is 19. The van der Waals surface area contributed by atoms with Crippen molar-refractivity contribution in [1.29, 1.82) is 0 Å². The second-order valence-corrected chi connectivity index (χ2v) is 21.8. The molecule has 4 aromatic carbocycles. The number of oxime groups is 2. The summed E-state index contributed by atoms with van der Waals surface area (Å²) in [4.78, 5) is 53.6. The van der Waals surface area contributed by atoms with Crippen LogP contribution in [0.3, 0.4) is 0 Å². The van der Waals surface area contributed by atoms with Crippen molar-refractivity contribution in [2.24, 2.45) is 10.3 Å². The highest BCUT2D eigenvalue weighted by Crippen LogP contribution is 2.26. The molecule has 0 amide bonds. The molecule has 7 heterocycles. The number of benzene rings is 4. The van der Waals surface area contributed by atoms with E-state index in [4.69, 9.17) is 40.5 Å². The number of carbonyl (C=O) groups is 2. The number of ether oxygens (including phenoxy) is 3. The van der Waals surface area contributed by atoms with Gasteiger partial charge in [0.25, 0.3) is 0 Å². The van der Waals surface area contributed by atoms with E-state index in [0.717, 1.165) is 144 Å². The number of hydrogen-bond acceptors (Lipinski definition) is 20. The number of pyridine rings is 4. The molecule has 3 aliphatic heterocycles. The zero-order valence-electron chi connectivity index (χ0n) is 51.2. The van der Waals surface area contributed by atoms with Crippen LogP contribution in [0.5, 0.6) is 23.0 Å². The van der Waals surface area contributed by atoms with E-state index >= 15 is 0 Å². The SMILES string of the molecule is CB(O)N1CCC(Oc2ccc(C=O)cc2)CC1.CO/N=C(/c1ccc(OC2CCN(Cc3ccnc(N)c3)CC2)cc1)c1ccc(F)cn1.CO/N=C(\c1ccc(OC2CCN(Cc3ccnc(N)c3)CC2)cc1)c1ccc(F)cn1.O=Cc1ccc(O)cc1. The molecule has 6 N–H and O–H groups in total. The van der Waals surface area contributed by atoms with Crippen LogP contribution in [-0.4, -0.2) is 148 Å². The molecule has 20 nitrogen and oxygen atoms in total. The van der Waals surface area contributed by atoms with Crippen LogP contribution in [0.1, 0.15) is 92.9 Å². The minimum absolute atomic E-state index is 0.172. The van der Waals surface area contributed by atoms with Gasteiger partial charge in [-0.1, -0.05) is 10.3 Å². The number of nitrogen functional groups attached to an aromatic ring is 2. The first-order valence-corrected chi connectivity index (χ1v) is 30.0. The molecule has 4 aromatic heterocycles. The highest BCUT2D eigenvalue weighted by atomic mass is 19.1. The van der Waals surface area contributed by atoms with Crippen molar-refractivity contribution in [1.82, 2.24) is 34.5 Å². The van der Waals surface area contributed by atoms with E-state index in [0.29, 0.717) is 45.6 Å². The Morgan fingerprint density at radius 3 is 1.23 bits per heavy atom. The van der Waals surface area contributed by atoms with Crippen LogP contribution in [0.15, 0.2) is 181 Å². The zero-order valence-corrected chi connectivity index (χ0v) is 51.2. The number of nitrogens with two attached hydrogens (primary N) is 2. The molecule has 23 heteroatoms. The number of aldehydes is 2. The van der Waals surface area contributed by atoms with Crippen molar-refractivity contribution < 1.29 is 52.4 Å². The molecule has 8 aromatic rings. The molecule has 0 saturated carbocycles. The van der Waals surface area contributed by atoms with Crippen molar-refractivity contribution >= 4 is 42.7 Å². The summed E-state index contributed by atoms with van der Waals surface area (Å²) in [5, 5.41) is 26.3. The minimum atomic E-state index is -0.398. The first kappa shape index (κ1) is 67.3. The van der Waals surface area contributed by atoms with E-state index in [1.54, 1.807) is 55.6 Å². The Bertz CT molecular complexity index is 3380. The summed E-state index contributed by atoms with van der Waals surface area (Å²) in [6.07, 6.45) is 13.6. The molecule has 3 fully saturated rings. The van der Waals surface area contributed by atoms with Gasteiger partial charge in [0.2, 0.25) is 0 Å². The topological polar surface area (TPSA) is 259 Å². The Hall–Kier alpha value is -9.68. The van der Waals surface area contributed by atoms with Gasteiger partial charge in [0, 0.05) is 73.9 Å². The van der Waals surface area contributed by atoms with Gasteiger partial charge in [0.1, 0.15) is 103 Å². The Kier molecular flexibility index (Phi) is 25.8. The van der Waals surface area contributed by atoms with Crippen LogP contribution in [-0.2, 0) is 22.8 Å². The Labute approximate surface area is 529 Å². The molecule has 3 saturated heterocycles. The van der Waals surface area contributed by atoms with Gasteiger partial charge in [-0.25, -0.2) is 18.7 Å².